The number of alkyl halides is 7. The van der Waals surface area contributed by atoms with E-state index in [1.807, 2.05) is 0 Å². The standard InChI is InChI=1S/C4H3Br2F5/c5-1-2(6)3(7,8)4(9,10)11/h2H,1H2/t2-/m1/s1. The van der Waals surface area contributed by atoms with Crippen molar-refractivity contribution in [3.63, 3.8) is 0 Å². The van der Waals surface area contributed by atoms with E-state index in [-0.39, 0.29) is 0 Å². The summed E-state index contributed by atoms with van der Waals surface area (Å²) in [6, 6.07) is 0. The summed E-state index contributed by atoms with van der Waals surface area (Å²) < 4.78 is 58.7. The third-order valence-corrected chi connectivity index (χ3v) is 3.32. The van der Waals surface area contributed by atoms with Gasteiger partial charge >= 0.3 is 12.1 Å². The molecular formula is C4H3Br2F5. The summed E-state index contributed by atoms with van der Waals surface area (Å²) >= 11 is 4.73. The summed E-state index contributed by atoms with van der Waals surface area (Å²) in [5.74, 6) is -4.68. The van der Waals surface area contributed by atoms with Gasteiger partial charge in [0, 0.05) is 5.33 Å². The van der Waals surface area contributed by atoms with E-state index >= 15 is 0 Å². The molecule has 0 saturated heterocycles. The highest BCUT2D eigenvalue weighted by molar-refractivity contribution is 9.12. The molecule has 0 heterocycles. The lowest BCUT2D eigenvalue weighted by Crippen LogP contribution is -2.44. The zero-order valence-corrected chi connectivity index (χ0v) is 8.10. The third-order valence-electron chi connectivity index (χ3n) is 0.907. The van der Waals surface area contributed by atoms with Crippen LogP contribution in [-0.4, -0.2) is 22.3 Å². The zero-order chi connectivity index (χ0) is 9.28. The van der Waals surface area contributed by atoms with Crippen LogP contribution < -0.4 is 0 Å². The van der Waals surface area contributed by atoms with E-state index in [1.165, 1.54) is 0 Å². The maximum Gasteiger partial charge on any atom is 0.454 e. The Bertz CT molecular complexity index is 131. The normalized spacial score (nSPS) is 16.6. The van der Waals surface area contributed by atoms with Crippen molar-refractivity contribution in [1.29, 1.82) is 0 Å². The lowest BCUT2D eigenvalue weighted by molar-refractivity contribution is -0.278. The first-order chi connectivity index (χ1) is 4.73. The first-order valence-corrected chi connectivity index (χ1v) is 4.41. The first kappa shape index (κ1) is 11.6. The largest absolute Gasteiger partial charge is 0.454 e. The van der Waals surface area contributed by atoms with Crippen LogP contribution in [0.3, 0.4) is 0 Å². The highest BCUT2D eigenvalue weighted by Gasteiger charge is 2.61. The van der Waals surface area contributed by atoms with Gasteiger partial charge in [-0.15, -0.1) is 0 Å². The molecule has 11 heavy (non-hydrogen) atoms. The Morgan fingerprint density at radius 3 is 1.55 bits per heavy atom. The summed E-state index contributed by atoms with van der Waals surface area (Å²) in [6.45, 7) is 0. The lowest BCUT2D eigenvalue weighted by atomic mass is 10.2. The molecule has 0 unspecified atom stereocenters. The average Bonchev–Trinajstić information content (AvgIpc) is 1.83. The summed E-state index contributed by atoms with van der Waals surface area (Å²) in [5, 5.41) is -0.459. The Balaban J connectivity index is 4.45. The van der Waals surface area contributed by atoms with Gasteiger partial charge in [0.15, 0.2) is 0 Å². The van der Waals surface area contributed by atoms with Crippen molar-refractivity contribution in [2.24, 2.45) is 0 Å². The average molecular weight is 306 g/mol. The van der Waals surface area contributed by atoms with Crippen LogP contribution in [0.15, 0.2) is 0 Å². The van der Waals surface area contributed by atoms with Gasteiger partial charge in [-0.05, 0) is 0 Å². The molecule has 0 rings (SSSR count). The number of rotatable bonds is 2. The molecule has 0 radical (unpaired) electrons. The summed E-state index contributed by atoms with van der Waals surface area (Å²) in [6.07, 6.45) is -5.49. The Hall–Kier alpha value is 0.610. The molecule has 0 aliphatic heterocycles. The second-order valence-corrected chi connectivity index (χ2v) is 3.50. The molecule has 1 atom stereocenters. The molecule has 0 nitrogen and oxygen atoms in total. The van der Waals surface area contributed by atoms with E-state index in [0.29, 0.717) is 0 Å². The molecule has 0 aliphatic carbocycles. The predicted octanol–water partition coefficient (Wildman–Crippen LogP) is 3.34. The Morgan fingerprint density at radius 2 is 1.45 bits per heavy atom. The van der Waals surface area contributed by atoms with E-state index in [2.05, 4.69) is 31.9 Å². The third kappa shape index (κ3) is 2.54. The number of hydrogen-bond donors (Lipinski definition) is 0. The molecule has 68 valence electrons. The van der Waals surface area contributed by atoms with Gasteiger partial charge in [-0.25, -0.2) is 0 Å². The quantitative estimate of drug-likeness (QED) is 0.542. The topological polar surface area (TPSA) is 0 Å². The molecule has 0 spiro atoms. The van der Waals surface area contributed by atoms with Crippen LogP contribution in [0.1, 0.15) is 0 Å². The molecule has 0 aromatic rings. The van der Waals surface area contributed by atoms with Crippen LogP contribution in [-0.2, 0) is 0 Å². The fraction of sp³-hybridized carbons (Fsp3) is 1.00. The van der Waals surface area contributed by atoms with Crippen molar-refractivity contribution in [2.75, 3.05) is 5.33 Å². The van der Waals surface area contributed by atoms with Crippen molar-refractivity contribution in [3.05, 3.63) is 0 Å². The van der Waals surface area contributed by atoms with Gasteiger partial charge in [0.2, 0.25) is 0 Å². The van der Waals surface area contributed by atoms with E-state index in [9.17, 15) is 22.0 Å². The molecule has 0 aliphatic rings. The molecule has 0 aromatic carbocycles. The second-order valence-electron chi connectivity index (χ2n) is 1.74. The minimum absolute atomic E-state index is 0.459. The predicted molar refractivity (Wildman–Crippen MR) is 37.5 cm³/mol. The SMILES string of the molecule is FC(F)(F)C(F)(F)[C@H](Br)CBr. The van der Waals surface area contributed by atoms with Crippen molar-refractivity contribution < 1.29 is 22.0 Å². The highest BCUT2D eigenvalue weighted by Crippen LogP contribution is 2.41. The van der Waals surface area contributed by atoms with Crippen molar-refractivity contribution in [1.82, 2.24) is 0 Å². The van der Waals surface area contributed by atoms with E-state index in [1.54, 1.807) is 0 Å². The summed E-state index contributed by atoms with van der Waals surface area (Å²) in [5.41, 5.74) is 0. The Labute approximate surface area is 76.4 Å². The van der Waals surface area contributed by atoms with Crippen molar-refractivity contribution >= 4 is 31.9 Å². The van der Waals surface area contributed by atoms with E-state index < -0.39 is 22.3 Å². The van der Waals surface area contributed by atoms with Gasteiger partial charge in [0.05, 0.1) is 4.83 Å². The molecule has 0 fully saturated rings. The van der Waals surface area contributed by atoms with E-state index in [0.717, 1.165) is 0 Å². The van der Waals surface area contributed by atoms with Crippen LogP contribution in [0.5, 0.6) is 0 Å². The van der Waals surface area contributed by atoms with Crippen LogP contribution in [0, 0.1) is 0 Å². The van der Waals surface area contributed by atoms with Gasteiger partial charge in [0.1, 0.15) is 0 Å². The Morgan fingerprint density at radius 1 is 1.09 bits per heavy atom. The van der Waals surface area contributed by atoms with Gasteiger partial charge in [-0.1, -0.05) is 31.9 Å². The second kappa shape index (κ2) is 3.55. The maximum absolute atomic E-state index is 12.1. The minimum Gasteiger partial charge on any atom is -0.195 e. The van der Waals surface area contributed by atoms with Crippen LogP contribution in [0.4, 0.5) is 22.0 Å². The van der Waals surface area contributed by atoms with Gasteiger partial charge in [-0.3, -0.25) is 0 Å². The lowest BCUT2D eigenvalue weighted by Gasteiger charge is -2.22. The molecular weight excluding hydrogens is 303 g/mol. The number of halogens is 7. The minimum atomic E-state index is -5.49. The molecule has 0 aromatic heterocycles. The summed E-state index contributed by atoms with van der Waals surface area (Å²) in [7, 11) is 0. The number of hydrogen-bond acceptors (Lipinski definition) is 0. The molecule has 0 N–H and O–H groups in total. The molecule has 0 bridgehead atoms. The molecule has 7 heteroatoms. The van der Waals surface area contributed by atoms with Crippen LogP contribution >= 0.6 is 31.9 Å². The molecule has 0 saturated carbocycles. The highest BCUT2D eigenvalue weighted by atomic mass is 79.9. The smallest absolute Gasteiger partial charge is 0.195 e. The van der Waals surface area contributed by atoms with E-state index in [4.69, 9.17) is 0 Å². The fourth-order valence-electron chi connectivity index (χ4n) is 0.274. The van der Waals surface area contributed by atoms with Crippen LogP contribution in [0.2, 0.25) is 0 Å². The van der Waals surface area contributed by atoms with Crippen molar-refractivity contribution in [2.45, 2.75) is 16.9 Å². The van der Waals surface area contributed by atoms with Crippen molar-refractivity contribution in [3.8, 4) is 0 Å². The first-order valence-electron chi connectivity index (χ1n) is 2.38. The fourth-order valence-corrected chi connectivity index (χ4v) is 0.941. The van der Waals surface area contributed by atoms with Gasteiger partial charge < -0.3 is 0 Å². The summed E-state index contributed by atoms with van der Waals surface area (Å²) in [4.78, 5) is -1.92. The molecule has 0 amide bonds. The zero-order valence-electron chi connectivity index (χ0n) is 4.93. The van der Waals surface area contributed by atoms with Gasteiger partial charge in [0.25, 0.3) is 0 Å². The monoisotopic (exact) mass is 304 g/mol. The van der Waals surface area contributed by atoms with Crippen LogP contribution in [0.25, 0.3) is 0 Å². The maximum atomic E-state index is 12.1. The van der Waals surface area contributed by atoms with Gasteiger partial charge in [-0.2, -0.15) is 22.0 Å². The Kier molecular flexibility index (Phi) is 3.75.